The molecule has 122 valence electrons. The molecule has 0 bridgehead atoms. The van der Waals surface area contributed by atoms with Crippen LogP contribution >= 0.6 is 11.3 Å². The number of amides is 1. The van der Waals surface area contributed by atoms with Gasteiger partial charge in [-0.15, -0.1) is 0 Å². The fourth-order valence-corrected chi connectivity index (χ4v) is 2.77. The van der Waals surface area contributed by atoms with Crippen LogP contribution in [0.15, 0.2) is 24.3 Å². The summed E-state index contributed by atoms with van der Waals surface area (Å²) in [6.07, 6.45) is -0.692. The Labute approximate surface area is 138 Å². The number of carbonyl (C=O) groups excluding carboxylic acids is 2. The minimum absolute atomic E-state index is 0.336. The number of aromatic nitrogens is 1. The zero-order chi connectivity index (χ0) is 17.0. The Morgan fingerprint density at radius 1 is 1.30 bits per heavy atom. The van der Waals surface area contributed by atoms with Crippen LogP contribution in [-0.2, 0) is 9.53 Å². The highest BCUT2D eigenvalue weighted by Crippen LogP contribution is 2.23. The Balaban J connectivity index is 2.02. The highest BCUT2D eigenvalue weighted by molar-refractivity contribution is 7.17. The van der Waals surface area contributed by atoms with Crippen molar-refractivity contribution in [2.75, 3.05) is 12.4 Å². The molecule has 2 aromatic rings. The fraction of sp³-hybridized carbons (Fsp3) is 0.312. The third kappa shape index (κ3) is 4.29. The smallest absolute Gasteiger partial charge is 0.350 e. The van der Waals surface area contributed by atoms with Crippen LogP contribution in [0.2, 0.25) is 0 Å². The van der Waals surface area contributed by atoms with Crippen LogP contribution in [0.5, 0.6) is 5.75 Å². The lowest BCUT2D eigenvalue weighted by atomic mass is 10.2. The second-order valence-corrected chi connectivity index (χ2v) is 5.99. The monoisotopic (exact) mass is 334 g/mol. The second kappa shape index (κ2) is 7.23. The molecule has 0 saturated carbocycles. The van der Waals surface area contributed by atoms with E-state index in [1.54, 1.807) is 19.9 Å². The Kier molecular flexibility index (Phi) is 5.33. The molecule has 2 rings (SSSR count). The van der Waals surface area contributed by atoms with Crippen LogP contribution in [0, 0.1) is 13.8 Å². The molecule has 0 aliphatic carbocycles. The molecule has 0 fully saturated rings. The molecule has 1 heterocycles. The maximum absolute atomic E-state index is 12.2. The summed E-state index contributed by atoms with van der Waals surface area (Å²) in [5, 5.41) is 2.99. The lowest BCUT2D eigenvalue weighted by Crippen LogP contribution is -2.30. The van der Waals surface area contributed by atoms with E-state index in [0.29, 0.717) is 21.5 Å². The summed E-state index contributed by atoms with van der Waals surface area (Å²) in [5.74, 6) is -0.181. The van der Waals surface area contributed by atoms with Crippen molar-refractivity contribution >= 4 is 28.3 Å². The largest absolute Gasteiger partial charge is 0.481 e. The quantitative estimate of drug-likeness (QED) is 0.851. The van der Waals surface area contributed by atoms with Gasteiger partial charge in [-0.1, -0.05) is 23.5 Å². The zero-order valence-electron chi connectivity index (χ0n) is 13.4. The van der Waals surface area contributed by atoms with Gasteiger partial charge in [0.2, 0.25) is 0 Å². The lowest BCUT2D eigenvalue weighted by Gasteiger charge is -2.14. The first-order valence-electron chi connectivity index (χ1n) is 7.00. The molecule has 23 heavy (non-hydrogen) atoms. The van der Waals surface area contributed by atoms with E-state index in [0.717, 1.165) is 16.9 Å². The zero-order valence-corrected chi connectivity index (χ0v) is 14.2. The topological polar surface area (TPSA) is 77.5 Å². The van der Waals surface area contributed by atoms with E-state index in [4.69, 9.17) is 4.74 Å². The molecular weight excluding hydrogens is 316 g/mol. The summed E-state index contributed by atoms with van der Waals surface area (Å²) in [4.78, 5) is 28.3. The second-order valence-electron chi connectivity index (χ2n) is 4.99. The van der Waals surface area contributed by atoms with Crippen molar-refractivity contribution in [3.8, 4) is 5.75 Å². The van der Waals surface area contributed by atoms with E-state index in [1.807, 2.05) is 25.1 Å². The van der Waals surface area contributed by atoms with Crippen molar-refractivity contribution in [3.63, 3.8) is 0 Å². The molecule has 1 amide bonds. The van der Waals surface area contributed by atoms with Gasteiger partial charge in [-0.05, 0) is 38.5 Å². The first-order chi connectivity index (χ1) is 10.9. The summed E-state index contributed by atoms with van der Waals surface area (Å²) < 4.78 is 10.3. The van der Waals surface area contributed by atoms with Gasteiger partial charge in [-0.2, -0.15) is 0 Å². The van der Waals surface area contributed by atoms with E-state index in [-0.39, 0.29) is 5.91 Å². The number of rotatable bonds is 5. The summed E-state index contributed by atoms with van der Waals surface area (Å²) in [7, 11) is 1.30. The average molecular weight is 334 g/mol. The van der Waals surface area contributed by atoms with Crippen LogP contribution in [0.3, 0.4) is 0 Å². The van der Waals surface area contributed by atoms with Crippen molar-refractivity contribution in [2.24, 2.45) is 0 Å². The van der Waals surface area contributed by atoms with Crippen molar-refractivity contribution in [3.05, 3.63) is 40.4 Å². The summed E-state index contributed by atoms with van der Waals surface area (Å²) in [5.41, 5.74) is 1.57. The third-order valence-corrected chi connectivity index (χ3v) is 4.12. The number of hydrogen-bond donors (Lipinski definition) is 1. The Hall–Kier alpha value is -2.41. The van der Waals surface area contributed by atoms with Gasteiger partial charge in [-0.3, -0.25) is 10.1 Å². The van der Waals surface area contributed by atoms with Crippen LogP contribution in [-0.4, -0.2) is 30.1 Å². The third-order valence-electron chi connectivity index (χ3n) is 3.07. The van der Waals surface area contributed by atoms with E-state index in [1.165, 1.54) is 7.11 Å². The number of carbonyl (C=O) groups is 2. The molecule has 1 aromatic carbocycles. The maximum atomic E-state index is 12.2. The van der Waals surface area contributed by atoms with Gasteiger partial charge in [0.25, 0.3) is 5.91 Å². The molecule has 0 aliphatic heterocycles. The van der Waals surface area contributed by atoms with Crippen LogP contribution < -0.4 is 10.1 Å². The summed E-state index contributed by atoms with van der Waals surface area (Å²) >= 11 is 1.07. The van der Waals surface area contributed by atoms with Crippen molar-refractivity contribution < 1.29 is 19.1 Å². The Bertz CT molecular complexity index is 727. The van der Waals surface area contributed by atoms with Crippen LogP contribution in [0.1, 0.15) is 27.9 Å². The van der Waals surface area contributed by atoms with Crippen LogP contribution in [0.4, 0.5) is 5.13 Å². The van der Waals surface area contributed by atoms with Gasteiger partial charge in [0, 0.05) is 0 Å². The van der Waals surface area contributed by atoms with Gasteiger partial charge in [-0.25, -0.2) is 9.78 Å². The molecule has 1 atom stereocenters. The number of hydrogen-bond acceptors (Lipinski definition) is 6. The van der Waals surface area contributed by atoms with Gasteiger partial charge >= 0.3 is 5.97 Å². The number of anilines is 1. The number of esters is 1. The number of ether oxygens (including phenoxy) is 2. The number of aryl methyl sites for hydroxylation is 2. The molecule has 0 spiro atoms. The fourth-order valence-electron chi connectivity index (χ4n) is 1.89. The standard InChI is InChI=1S/C16H18N2O4S/c1-9-6-5-7-12(8-9)22-11(3)14(19)18-16-17-10(2)13(23-16)15(20)21-4/h5-8,11H,1-4H3,(H,17,18,19)/t11-/m1/s1. The number of benzene rings is 1. The maximum Gasteiger partial charge on any atom is 0.350 e. The lowest BCUT2D eigenvalue weighted by molar-refractivity contribution is -0.122. The first-order valence-corrected chi connectivity index (χ1v) is 7.82. The van der Waals surface area contributed by atoms with E-state index in [2.05, 4.69) is 15.0 Å². The Morgan fingerprint density at radius 2 is 2.04 bits per heavy atom. The average Bonchev–Trinajstić information content (AvgIpc) is 2.87. The van der Waals surface area contributed by atoms with E-state index < -0.39 is 12.1 Å². The predicted molar refractivity (Wildman–Crippen MR) is 88.1 cm³/mol. The van der Waals surface area contributed by atoms with Crippen molar-refractivity contribution in [1.82, 2.24) is 4.98 Å². The van der Waals surface area contributed by atoms with Gasteiger partial charge in [0.05, 0.1) is 12.8 Å². The number of thiazole rings is 1. The first kappa shape index (κ1) is 17.0. The highest BCUT2D eigenvalue weighted by atomic mass is 32.1. The number of methoxy groups -OCH3 is 1. The molecule has 0 unspecified atom stereocenters. The molecular formula is C16H18N2O4S. The summed E-state index contributed by atoms with van der Waals surface area (Å²) in [6.45, 7) is 5.29. The molecule has 1 N–H and O–H groups in total. The van der Waals surface area contributed by atoms with Gasteiger partial charge in [0.15, 0.2) is 11.2 Å². The number of nitrogens with zero attached hydrogens (tertiary/aromatic N) is 1. The van der Waals surface area contributed by atoms with Gasteiger partial charge in [0.1, 0.15) is 10.6 Å². The minimum atomic E-state index is -0.692. The highest BCUT2D eigenvalue weighted by Gasteiger charge is 2.20. The van der Waals surface area contributed by atoms with Crippen molar-refractivity contribution in [2.45, 2.75) is 26.9 Å². The minimum Gasteiger partial charge on any atom is -0.481 e. The SMILES string of the molecule is COC(=O)c1sc(NC(=O)[C@@H](C)Oc2cccc(C)c2)nc1C. The molecule has 0 radical (unpaired) electrons. The molecule has 0 saturated heterocycles. The molecule has 6 nitrogen and oxygen atoms in total. The van der Waals surface area contributed by atoms with Crippen LogP contribution in [0.25, 0.3) is 0 Å². The Morgan fingerprint density at radius 3 is 2.70 bits per heavy atom. The molecule has 7 heteroatoms. The van der Waals surface area contributed by atoms with E-state index in [9.17, 15) is 9.59 Å². The summed E-state index contributed by atoms with van der Waals surface area (Å²) in [6, 6.07) is 7.46. The van der Waals surface area contributed by atoms with E-state index >= 15 is 0 Å². The number of nitrogens with one attached hydrogen (secondary N) is 1. The van der Waals surface area contributed by atoms with Gasteiger partial charge < -0.3 is 9.47 Å². The normalized spacial score (nSPS) is 11.7. The molecule has 1 aromatic heterocycles. The molecule has 0 aliphatic rings. The predicted octanol–water partition coefficient (Wildman–Crippen LogP) is 2.95. The van der Waals surface area contributed by atoms with Crippen molar-refractivity contribution in [1.29, 1.82) is 0 Å².